The lowest BCUT2D eigenvalue weighted by molar-refractivity contribution is -0.187. The van der Waals surface area contributed by atoms with Crippen molar-refractivity contribution in [3.05, 3.63) is 65.0 Å². The van der Waals surface area contributed by atoms with Gasteiger partial charge in [0.05, 0.1) is 0 Å². The molecule has 4 rings (SSSR count). The van der Waals surface area contributed by atoms with E-state index in [2.05, 4.69) is 10.6 Å². The number of ether oxygens (including phenoxy) is 1. The van der Waals surface area contributed by atoms with E-state index in [4.69, 9.17) is 4.74 Å². The molecule has 1 heterocycles. The Kier molecular flexibility index (Phi) is 7.04. The zero-order chi connectivity index (χ0) is 27.8. The van der Waals surface area contributed by atoms with Crippen LogP contribution in [0.25, 0.3) is 0 Å². The summed E-state index contributed by atoms with van der Waals surface area (Å²) in [6.45, 7) is -0.729. The smallest absolute Gasteiger partial charge is 0.418 e. The Morgan fingerprint density at radius 3 is 2.47 bits per heavy atom. The summed E-state index contributed by atoms with van der Waals surface area (Å²) in [5.41, 5.74) is -0.197. The fraction of sp³-hybridized carbons (Fsp3) is 0.360. The average molecular weight is 536 g/mol. The van der Waals surface area contributed by atoms with Gasteiger partial charge < -0.3 is 20.3 Å². The lowest BCUT2D eigenvalue weighted by atomic mass is 9.94. The molecule has 0 radical (unpaired) electrons. The highest BCUT2D eigenvalue weighted by Crippen LogP contribution is 2.46. The van der Waals surface area contributed by atoms with Gasteiger partial charge in [-0.2, -0.15) is 13.2 Å². The summed E-state index contributed by atoms with van der Waals surface area (Å²) in [6, 6.07) is 6.57. The molecule has 0 aromatic heterocycles. The molecule has 9 nitrogen and oxygen atoms in total. The number of anilines is 1. The third-order valence-corrected chi connectivity index (χ3v) is 6.67. The molecular weight excluding hydrogens is 512 g/mol. The minimum Gasteiger partial charge on any atom is -0.427 e. The second kappa shape index (κ2) is 9.95. The number of rotatable bonds is 6. The van der Waals surface area contributed by atoms with E-state index in [1.807, 2.05) is 0 Å². The number of nitrogens with one attached hydrogen (secondary N) is 2. The second-order valence-electron chi connectivity index (χ2n) is 9.03. The molecule has 0 unspecified atom stereocenters. The van der Waals surface area contributed by atoms with Crippen molar-refractivity contribution in [2.24, 2.45) is 0 Å². The Balaban J connectivity index is 1.59. The molecule has 2 aliphatic rings. The Morgan fingerprint density at radius 1 is 1.16 bits per heavy atom. The monoisotopic (exact) mass is 536 g/mol. The Labute approximate surface area is 214 Å². The third-order valence-electron chi connectivity index (χ3n) is 6.67. The molecule has 2 aromatic carbocycles. The molecule has 1 fully saturated rings. The van der Waals surface area contributed by atoms with Gasteiger partial charge in [-0.3, -0.25) is 9.59 Å². The van der Waals surface area contributed by atoms with E-state index in [9.17, 15) is 36.7 Å². The quantitative estimate of drug-likeness (QED) is 0.548. The summed E-state index contributed by atoms with van der Waals surface area (Å²) >= 11 is 0. The van der Waals surface area contributed by atoms with Crippen LogP contribution in [0.5, 0.6) is 0 Å². The molecule has 0 bridgehead atoms. The molecule has 202 valence electrons. The summed E-state index contributed by atoms with van der Waals surface area (Å²) in [7, 11) is 1.42. The van der Waals surface area contributed by atoms with Crippen molar-refractivity contribution in [2.75, 3.05) is 18.9 Å². The summed E-state index contributed by atoms with van der Waals surface area (Å²) in [4.78, 5) is 52.0. The Hall–Kier alpha value is -4.16. The maximum Gasteiger partial charge on any atom is 0.418 e. The molecule has 2 aromatic rings. The van der Waals surface area contributed by atoms with Gasteiger partial charge >= 0.3 is 18.3 Å². The van der Waals surface area contributed by atoms with Gasteiger partial charge in [0, 0.05) is 31.3 Å². The van der Waals surface area contributed by atoms with Gasteiger partial charge in [0.25, 0.3) is 5.91 Å². The van der Waals surface area contributed by atoms with Crippen molar-refractivity contribution < 1.29 is 41.5 Å². The van der Waals surface area contributed by atoms with Crippen LogP contribution in [0.2, 0.25) is 0 Å². The molecule has 1 aliphatic heterocycles. The summed E-state index contributed by atoms with van der Waals surface area (Å²) < 4.78 is 59.5. The molecule has 13 heteroatoms. The number of fused-ring (bicyclic) bond motifs is 2. The lowest BCUT2D eigenvalue weighted by Crippen LogP contribution is -2.51. The maximum atomic E-state index is 13.6. The SMILES string of the molecule is CNC(=O)Nc1ccc2c(c1)[C@@]1(CC2)OC(=O)N(CC(=O)N(Cc2ccc(F)cc2)[C@@H](C)C(F)(F)F)C1=O. The van der Waals surface area contributed by atoms with E-state index in [0.29, 0.717) is 33.0 Å². The third kappa shape index (κ3) is 5.00. The van der Waals surface area contributed by atoms with E-state index in [0.717, 1.165) is 19.1 Å². The summed E-state index contributed by atoms with van der Waals surface area (Å²) in [6.07, 6.45) is -5.54. The first-order valence-electron chi connectivity index (χ1n) is 11.6. The number of alkyl halides is 3. The first-order valence-corrected chi connectivity index (χ1v) is 11.6. The molecule has 0 saturated carbocycles. The molecule has 1 aliphatic carbocycles. The van der Waals surface area contributed by atoms with Gasteiger partial charge in [0.15, 0.2) is 0 Å². The highest BCUT2D eigenvalue weighted by atomic mass is 19.4. The minimum atomic E-state index is -4.80. The van der Waals surface area contributed by atoms with Crippen LogP contribution >= 0.6 is 0 Å². The highest BCUT2D eigenvalue weighted by Gasteiger charge is 2.58. The standard InChI is InChI=1S/C25H24F4N4O5/c1-14(25(27,28)29)32(12-15-3-6-17(26)7-4-15)20(34)13-33-21(35)24(38-23(33)37)10-9-16-5-8-18(11-19(16)24)31-22(36)30-2/h3-8,11,14H,9-10,12-13H2,1-2H3,(H2,30,31,36)/t14-,24+/m0/s1. The fourth-order valence-electron chi connectivity index (χ4n) is 4.53. The van der Waals surface area contributed by atoms with Crippen molar-refractivity contribution in [2.45, 2.75) is 44.1 Å². The van der Waals surface area contributed by atoms with Crippen molar-refractivity contribution >= 4 is 29.6 Å². The second-order valence-corrected chi connectivity index (χ2v) is 9.03. The van der Waals surface area contributed by atoms with E-state index in [1.54, 1.807) is 12.1 Å². The van der Waals surface area contributed by atoms with Crippen LogP contribution in [0.15, 0.2) is 42.5 Å². The number of nitrogens with zero attached hydrogens (tertiary/aromatic N) is 2. The number of hydrogen-bond donors (Lipinski definition) is 2. The van der Waals surface area contributed by atoms with Gasteiger partial charge in [-0.05, 0) is 48.7 Å². The van der Waals surface area contributed by atoms with Crippen LogP contribution < -0.4 is 10.6 Å². The average Bonchev–Trinajstić information content (AvgIpc) is 3.34. The topological polar surface area (TPSA) is 108 Å². The maximum absolute atomic E-state index is 13.6. The van der Waals surface area contributed by atoms with Gasteiger partial charge in [-0.1, -0.05) is 18.2 Å². The van der Waals surface area contributed by atoms with Crippen LogP contribution in [0.3, 0.4) is 0 Å². The van der Waals surface area contributed by atoms with Crippen LogP contribution in [-0.4, -0.2) is 59.5 Å². The number of benzene rings is 2. The molecule has 1 spiro atoms. The Bertz CT molecular complexity index is 1280. The Morgan fingerprint density at radius 2 is 1.84 bits per heavy atom. The molecule has 2 N–H and O–H groups in total. The number of halogens is 4. The number of carbonyl (C=O) groups excluding carboxylic acids is 4. The fourth-order valence-corrected chi connectivity index (χ4v) is 4.53. The minimum absolute atomic E-state index is 0.0687. The molecular formula is C25H24F4N4O5. The van der Waals surface area contributed by atoms with Crippen molar-refractivity contribution in [3.8, 4) is 0 Å². The lowest BCUT2D eigenvalue weighted by Gasteiger charge is -2.31. The number of amides is 5. The number of hydrogen-bond acceptors (Lipinski definition) is 5. The zero-order valence-electron chi connectivity index (χ0n) is 20.4. The molecule has 5 amide bonds. The summed E-state index contributed by atoms with van der Waals surface area (Å²) in [5, 5.41) is 4.94. The first kappa shape index (κ1) is 26.9. The van der Waals surface area contributed by atoms with Gasteiger partial charge in [0.2, 0.25) is 11.5 Å². The normalized spacial score (nSPS) is 19.3. The first-order chi connectivity index (χ1) is 17.9. The number of imide groups is 1. The number of aryl methyl sites for hydroxylation is 1. The summed E-state index contributed by atoms with van der Waals surface area (Å²) in [5.74, 6) is -2.63. The van der Waals surface area contributed by atoms with Crippen molar-refractivity contribution in [3.63, 3.8) is 0 Å². The predicted molar refractivity (Wildman–Crippen MR) is 125 cm³/mol. The van der Waals surface area contributed by atoms with E-state index in [-0.39, 0.29) is 12.0 Å². The van der Waals surface area contributed by atoms with E-state index < -0.39 is 60.7 Å². The van der Waals surface area contributed by atoms with Crippen LogP contribution in [0, 0.1) is 5.82 Å². The van der Waals surface area contributed by atoms with Crippen molar-refractivity contribution in [1.82, 2.24) is 15.1 Å². The van der Waals surface area contributed by atoms with Gasteiger partial charge in [-0.15, -0.1) is 0 Å². The van der Waals surface area contributed by atoms with E-state index in [1.165, 1.54) is 25.2 Å². The van der Waals surface area contributed by atoms with Crippen LogP contribution in [-0.2, 0) is 32.9 Å². The number of urea groups is 1. The highest BCUT2D eigenvalue weighted by molar-refractivity contribution is 6.06. The zero-order valence-corrected chi connectivity index (χ0v) is 20.4. The predicted octanol–water partition coefficient (Wildman–Crippen LogP) is 3.68. The van der Waals surface area contributed by atoms with Crippen molar-refractivity contribution in [1.29, 1.82) is 0 Å². The number of carbonyl (C=O) groups is 4. The van der Waals surface area contributed by atoms with Gasteiger partial charge in [0.1, 0.15) is 18.4 Å². The van der Waals surface area contributed by atoms with Crippen LogP contribution in [0.4, 0.5) is 32.8 Å². The van der Waals surface area contributed by atoms with Crippen LogP contribution in [0.1, 0.15) is 30.0 Å². The molecule has 1 saturated heterocycles. The molecule has 2 atom stereocenters. The van der Waals surface area contributed by atoms with E-state index >= 15 is 0 Å². The largest absolute Gasteiger partial charge is 0.427 e. The molecule has 38 heavy (non-hydrogen) atoms. The van der Waals surface area contributed by atoms with Gasteiger partial charge in [-0.25, -0.2) is 18.9 Å².